The van der Waals surface area contributed by atoms with Crippen molar-refractivity contribution in [1.82, 2.24) is 24.5 Å². The van der Waals surface area contributed by atoms with E-state index in [0.29, 0.717) is 27.5 Å². The molecule has 0 bridgehead atoms. The summed E-state index contributed by atoms with van der Waals surface area (Å²) in [5.41, 5.74) is 4.88. The van der Waals surface area contributed by atoms with Crippen LogP contribution in [0, 0.1) is 0 Å². The molecule has 10 heteroatoms. The van der Waals surface area contributed by atoms with Crippen molar-refractivity contribution in [3.63, 3.8) is 0 Å². The third kappa shape index (κ3) is 4.54. The second-order valence-electron chi connectivity index (χ2n) is 7.70. The highest BCUT2D eigenvalue weighted by molar-refractivity contribution is 7.88. The van der Waals surface area contributed by atoms with Gasteiger partial charge in [0.25, 0.3) is 0 Å². The van der Waals surface area contributed by atoms with Gasteiger partial charge in [-0.3, -0.25) is 14.5 Å². The first-order valence-electron chi connectivity index (χ1n) is 10.1. The number of aryl methyl sites for hydroxylation is 1. The minimum Gasteiger partial charge on any atom is -0.289 e. The van der Waals surface area contributed by atoms with E-state index in [2.05, 4.69) is 19.8 Å². The Labute approximate surface area is 193 Å². The Kier molecular flexibility index (Phi) is 5.49. The van der Waals surface area contributed by atoms with Crippen LogP contribution in [0.15, 0.2) is 70.7 Å². The number of nitrogens with zero attached hydrogens (tertiary/aromatic N) is 4. The van der Waals surface area contributed by atoms with Gasteiger partial charge in [-0.1, -0.05) is 18.2 Å². The molecule has 3 heterocycles. The highest BCUT2D eigenvalue weighted by Crippen LogP contribution is 2.22. The fourth-order valence-corrected chi connectivity index (χ4v) is 5.29. The molecule has 0 saturated heterocycles. The van der Waals surface area contributed by atoms with Crippen LogP contribution in [0.25, 0.3) is 32.8 Å². The number of aromatic nitrogens is 4. The molecule has 1 N–H and O–H groups in total. The van der Waals surface area contributed by atoms with E-state index in [1.165, 1.54) is 11.3 Å². The first-order chi connectivity index (χ1) is 15.9. The molecule has 0 atom stereocenters. The molecule has 33 heavy (non-hydrogen) atoms. The number of sulfonamides is 1. The summed E-state index contributed by atoms with van der Waals surface area (Å²) in [5, 5.41) is 7.60. The lowest BCUT2D eigenvalue weighted by atomic mass is 10.1. The standard InChI is InChI=1S/C23H19N5O3S2/c1-28-11-18(9-26-28)17-7-21-22(24-8-17)5-4-16-3-2-15(6-20(16)23(21)29)13-33(30,31)27-10-19-12-32-14-25-19/h2-9,11-12,14,27H,10,13H2,1H3. The molecular weight excluding hydrogens is 458 g/mol. The van der Waals surface area contributed by atoms with Crippen molar-refractivity contribution in [2.75, 3.05) is 0 Å². The molecular formula is C23H19N5O3S2. The number of pyridine rings is 1. The fraction of sp³-hybridized carbons (Fsp3) is 0.130. The first kappa shape index (κ1) is 21.4. The number of fused-ring (bicyclic) bond motifs is 2. The summed E-state index contributed by atoms with van der Waals surface area (Å²) in [6.07, 6.45) is 5.29. The van der Waals surface area contributed by atoms with Gasteiger partial charge in [-0.05, 0) is 29.1 Å². The third-order valence-electron chi connectivity index (χ3n) is 5.30. The van der Waals surface area contributed by atoms with Crippen LogP contribution in [0.5, 0.6) is 0 Å². The van der Waals surface area contributed by atoms with E-state index in [1.54, 1.807) is 58.3 Å². The molecule has 8 nitrogen and oxygen atoms in total. The number of benzene rings is 1. The molecule has 2 aromatic carbocycles. The summed E-state index contributed by atoms with van der Waals surface area (Å²) in [4.78, 5) is 22.0. The summed E-state index contributed by atoms with van der Waals surface area (Å²) in [5.74, 6) is -0.234. The van der Waals surface area contributed by atoms with Crippen LogP contribution in [0.1, 0.15) is 11.3 Å². The molecule has 0 saturated carbocycles. The Morgan fingerprint density at radius 3 is 2.64 bits per heavy atom. The third-order valence-corrected chi connectivity index (χ3v) is 7.23. The van der Waals surface area contributed by atoms with E-state index in [1.807, 2.05) is 19.3 Å². The largest absolute Gasteiger partial charge is 0.289 e. The highest BCUT2D eigenvalue weighted by Gasteiger charge is 2.14. The zero-order valence-electron chi connectivity index (χ0n) is 17.6. The molecule has 0 fully saturated rings. The Morgan fingerprint density at radius 2 is 1.88 bits per heavy atom. The van der Waals surface area contributed by atoms with Crippen LogP contribution in [0.2, 0.25) is 0 Å². The summed E-state index contributed by atoms with van der Waals surface area (Å²) in [6.45, 7) is 0.134. The Balaban J connectivity index is 1.54. The smallest absolute Gasteiger partial charge is 0.216 e. The van der Waals surface area contributed by atoms with Crippen LogP contribution < -0.4 is 10.2 Å². The van der Waals surface area contributed by atoms with Gasteiger partial charge in [-0.2, -0.15) is 5.10 Å². The van der Waals surface area contributed by atoms with Crippen LogP contribution in [0.4, 0.5) is 0 Å². The quantitative estimate of drug-likeness (QED) is 0.402. The number of hydrogen-bond acceptors (Lipinski definition) is 7. The molecule has 0 spiro atoms. The van der Waals surface area contributed by atoms with Gasteiger partial charge in [0.15, 0.2) is 5.43 Å². The van der Waals surface area contributed by atoms with Gasteiger partial charge in [0.2, 0.25) is 10.0 Å². The lowest BCUT2D eigenvalue weighted by Gasteiger charge is -2.06. The summed E-state index contributed by atoms with van der Waals surface area (Å²) in [6, 6.07) is 10.6. The van der Waals surface area contributed by atoms with Crippen molar-refractivity contribution in [2.24, 2.45) is 7.05 Å². The van der Waals surface area contributed by atoms with Crippen molar-refractivity contribution in [3.05, 3.63) is 87.4 Å². The van der Waals surface area contributed by atoms with Crippen LogP contribution in [-0.2, 0) is 29.4 Å². The van der Waals surface area contributed by atoms with E-state index in [0.717, 1.165) is 16.5 Å². The Morgan fingerprint density at radius 1 is 1.03 bits per heavy atom. The van der Waals surface area contributed by atoms with Crippen LogP contribution in [0.3, 0.4) is 0 Å². The Bertz CT molecular complexity index is 1640. The minimum absolute atomic E-state index is 0.134. The maximum Gasteiger partial charge on any atom is 0.216 e. The topological polar surface area (TPSA) is 107 Å². The first-order valence-corrected chi connectivity index (χ1v) is 12.7. The maximum absolute atomic E-state index is 13.4. The van der Waals surface area contributed by atoms with Crippen LogP contribution in [-0.4, -0.2) is 28.2 Å². The number of hydrogen-bond donors (Lipinski definition) is 1. The monoisotopic (exact) mass is 477 g/mol. The lowest BCUT2D eigenvalue weighted by molar-refractivity contribution is 0.580. The molecule has 0 aliphatic carbocycles. The zero-order chi connectivity index (χ0) is 23.0. The molecule has 166 valence electrons. The number of thiazole rings is 1. The molecule has 0 amide bonds. The van der Waals surface area contributed by atoms with Crippen molar-refractivity contribution in [1.29, 1.82) is 0 Å². The van der Waals surface area contributed by atoms with Crippen molar-refractivity contribution in [3.8, 4) is 11.1 Å². The molecule has 5 rings (SSSR count). The summed E-state index contributed by atoms with van der Waals surface area (Å²) >= 11 is 1.41. The molecule has 3 aromatic heterocycles. The van der Waals surface area contributed by atoms with E-state index >= 15 is 0 Å². The average Bonchev–Trinajstić information content (AvgIpc) is 3.45. The fourth-order valence-electron chi connectivity index (χ4n) is 3.65. The van der Waals surface area contributed by atoms with Gasteiger partial charge in [0.1, 0.15) is 0 Å². The van der Waals surface area contributed by atoms with Gasteiger partial charge in [0.05, 0.1) is 35.2 Å². The molecule has 0 aliphatic heterocycles. The molecule has 0 aliphatic rings. The molecule has 0 radical (unpaired) electrons. The van der Waals surface area contributed by atoms with Crippen LogP contribution >= 0.6 is 11.3 Å². The SMILES string of the molecule is Cn1cc(-c2cnc3ccc4ccc(CS(=O)(=O)NCc5cscn5)cc4c(=O)c3c2)cn1. The van der Waals surface area contributed by atoms with Crippen molar-refractivity contribution >= 4 is 43.0 Å². The van der Waals surface area contributed by atoms with E-state index in [4.69, 9.17) is 0 Å². The number of rotatable bonds is 6. The number of nitrogens with one attached hydrogen (secondary N) is 1. The van der Waals surface area contributed by atoms with E-state index < -0.39 is 10.0 Å². The normalized spacial score (nSPS) is 11.9. The Hall–Kier alpha value is -3.47. The van der Waals surface area contributed by atoms with Gasteiger partial charge < -0.3 is 0 Å². The van der Waals surface area contributed by atoms with E-state index in [9.17, 15) is 13.2 Å². The zero-order valence-corrected chi connectivity index (χ0v) is 19.2. The van der Waals surface area contributed by atoms with Gasteiger partial charge in [-0.25, -0.2) is 18.1 Å². The minimum atomic E-state index is -3.60. The summed E-state index contributed by atoms with van der Waals surface area (Å²) in [7, 11) is -1.78. The lowest BCUT2D eigenvalue weighted by Crippen LogP contribution is -2.24. The predicted molar refractivity (Wildman–Crippen MR) is 129 cm³/mol. The molecule has 5 aromatic rings. The summed E-state index contributed by atoms with van der Waals surface area (Å²) < 4.78 is 29.4. The van der Waals surface area contributed by atoms with Gasteiger partial charge in [-0.15, -0.1) is 11.3 Å². The maximum atomic E-state index is 13.4. The molecule has 0 unspecified atom stereocenters. The second kappa shape index (κ2) is 8.47. The second-order valence-corrected chi connectivity index (χ2v) is 10.2. The van der Waals surface area contributed by atoms with E-state index in [-0.39, 0.29) is 17.7 Å². The van der Waals surface area contributed by atoms with Gasteiger partial charge in [0, 0.05) is 46.7 Å². The average molecular weight is 478 g/mol. The van der Waals surface area contributed by atoms with Crippen molar-refractivity contribution in [2.45, 2.75) is 12.3 Å². The van der Waals surface area contributed by atoms with Gasteiger partial charge >= 0.3 is 0 Å². The highest BCUT2D eigenvalue weighted by atomic mass is 32.2. The van der Waals surface area contributed by atoms with Crippen molar-refractivity contribution < 1.29 is 8.42 Å². The predicted octanol–water partition coefficient (Wildman–Crippen LogP) is 3.22.